The second-order valence-corrected chi connectivity index (χ2v) is 6.22. The van der Waals surface area contributed by atoms with Gasteiger partial charge in [0.15, 0.2) is 0 Å². The van der Waals surface area contributed by atoms with Crippen molar-refractivity contribution in [3.05, 3.63) is 34.8 Å². The van der Waals surface area contributed by atoms with Crippen molar-refractivity contribution in [1.29, 1.82) is 0 Å². The summed E-state index contributed by atoms with van der Waals surface area (Å²) >= 11 is 1.57. The zero-order valence-corrected chi connectivity index (χ0v) is 14.1. The number of hydrogen-bond acceptors (Lipinski definition) is 4. The number of nitrogens with one attached hydrogen (secondary N) is 1. The van der Waals surface area contributed by atoms with Crippen LogP contribution >= 0.6 is 11.3 Å². The summed E-state index contributed by atoms with van der Waals surface area (Å²) in [6.07, 6.45) is 2.50. The van der Waals surface area contributed by atoms with Gasteiger partial charge >= 0.3 is 0 Å². The molecule has 22 heavy (non-hydrogen) atoms. The second-order valence-electron chi connectivity index (χ2n) is 5.14. The number of rotatable bonds is 7. The number of aromatic nitrogens is 1. The van der Waals surface area contributed by atoms with Crippen molar-refractivity contribution in [2.45, 2.75) is 33.1 Å². The molecule has 1 N–H and O–H groups in total. The maximum atomic E-state index is 11.9. The third-order valence-corrected chi connectivity index (χ3v) is 4.59. The summed E-state index contributed by atoms with van der Waals surface area (Å²) in [6.45, 7) is 4.81. The molecule has 0 bridgehead atoms. The van der Waals surface area contributed by atoms with Gasteiger partial charge in [-0.15, -0.1) is 11.3 Å². The van der Waals surface area contributed by atoms with Gasteiger partial charge in [0, 0.05) is 17.0 Å². The predicted molar refractivity (Wildman–Crippen MR) is 90.5 cm³/mol. The first kappa shape index (κ1) is 16.5. The highest BCUT2D eigenvalue weighted by atomic mass is 32.1. The highest BCUT2D eigenvalue weighted by molar-refractivity contribution is 7.15. The molecule has 1 amide bonds. The molecule has 1 heterocycles. The minimum absolute atomic E-state index is 0.0670. The average molecular weight is 318 g/mol. The molecular formula is C17H22N2O2S. The first-order valence-corrected chi connectivity index (χ1v) is 8.33. The molecule has 5 heteroatoms. The lowest BCUT2D eigenvalue weighted by molar-refractivity contribution is -0.120. The molecule has 2 rings (SSSR count). The largest absolute Gasteiger partial charge is 0.497 e. The van der Waals surface area contributed by atoms with Crippen molar-refractivity contribution in [3.8, 4) is 16.3 Å². The SMILES string of the molecule is CCCCNC(=O)Cc1sc(-c2cccc(OC)c2)nc1C. The van der Waals surface area contributed by atoms with Crippen molar-refractivity contribution in [1.82, 2.24) is 10.3 Å². The molecule has 1 aromatic heterocycles. The highest BCUT2D eigenvalue weighted by Gasteiger charge is 2.13. The number of hydrogen-bond donors (Lipinski definition) is 1. The summed E-state index contributed by atoms with van der Waals surface area (Å²) in [7, 11) is 1.65. The van der Waals surface area contributed by atoms with Gasteiger partial charge in [0.05, 0.1) is 19.2 Å². The molecule has 0 aliphatic heterocycles. The smallest absolute Gasteiger partial charge is 0.225 e. The lowest BCUT2D eigenvalue weighted by Gasteiger charge is -2.03. The van der Waals surface area contributed by atoms with Crippen LogP contribution in [0.4, 0.5) is 0 Å². The number of carbonyl (C=O) groups excluding carboxylic acids is 1. The summed E-state index contributed by atoms with van der Waals surface area (Å²) in [5, 5.41) is 3.87. The second kappa shape index (κ2) is 7.94. The third-order valence-electron chi connectivity index (χ3n) is 3.38. The van der Waals surface area contributed by atoms with Crippen molar-refractivity contribution in [3.63, 3.8) is 0 Å². The number of amides is 1. The van der Waals surface area contributed by atoms with Gasteiger partial charge in [0.2, 0.25) is 5.91 Å². The van der Waals surface area contributed by atoms with E-state index in [4.69, 9.17) is 4.74 Å². The van der Waals surface area contributed by atoms with Crippen LogP contribution in [0.5, 0.6) is 5.75 Å². The Morgan fingerprint density at radius 1 is 1.41 bits per heavy atom. The molecule has 0 saturated carbocycles. The Balaban J connectivity index is 2.09. The summed E-state index contributed by atoms with van der Waals surface area (Å²) < 4.78 is 5.25. The number of aryl methyl sites for hydroxylation is 1. The number of nitrogens with zero attached hydrogens (tertiary/aromatic N) is 1. The molecule has 0 saturated heterocycles. The van der Waals surface area contributed by atoms with Crippen LogP contribution in [0.3, 0.4) is 0 Å². The summed E-state index contributed by atoms with van der Waals surface area (Å²) in [6, 6.07) is 7.82. The molecule has 0 radical (unpaired) electrons. The van der Waals surface area contributed by atoms with E-state index in [1.807, 2.05) is 31.2 Å². The van der Waals surface area contributed by atoms with Crippen LogP contribution in [0.2, 0.25) is 0 Å². The molecule has 0 spiro atoms. The topological polar surface area (TPSA) is 51.2 Å². The van der Waals surface area contributed by atoms with E-state index in [1.165, 1.54) is 0 Å². The zero-order valence-electron chi connectivity index (χ0n) is 13.3. The van der Waals surface area contributed by atoms with Crippen LogP contribution < -0.4 is 10.1 Å². The van der Waals surface area contributed by atoms with Crippen molar-refractivity contribution < 1.29 is 9.53 Å². The number of unbranched alkanes of at least 4 members (excludes halogenated alkanes) is 1. The van der Waals surface area contributed by atoms with Crippen molar-refractivity contribution in [2.75, 3.05) is 13.7 Å². The Hall–Kier alpha value is -1.88. The minimum atomic E-state index is 0.0670. The minimum Gasteiger partial charge on any atom is -0.497 e. The Morgan fingerprint density at radius 3 is 2.95 bits per heavy atom. The maximum absolute atomic E-state index is 11.9. The molecule has 0 unspecified atom stereocenters. The third kappa shape index (κ3) is 4.31. The van der Waals surface area contributed by atoms with Crippen LogP contribution in [0.1, 0.15) is 30.3 Å². The average Bonchev–Trinajstić information content (AvgIpc) is 2.88. The molecule has 0 atom stereocenters. The molecule has 0 aliphatic rings. The summed E-state index contributed by atoms with van der Waals surface area (Å²) in [4.78, 5) is 17.5. The number of carbonyl (C=O) groups is 1. The number of methoxy groups -OCH3 is 1. The van der Waals surface area contributed by atoms with Gasteiger partial charge < -0.3 is 10.1 Å². The summed E-state index contributed by atoms with van der Waals surface area (Å²) in [5.41, 5.74) is 1.94. The molecular weight excluding hydrogens is 296 g/mol. The Labute approximate surface area is 135 Å². The van der Waals surface area contributed by atoms with Crippen LogP contribution in [-0.2, 0) is 11.2 Å². The van der Waals surface area contributed by atoms with Crippen LogP contribution in [0, 0.1) is 6.92 Å². The van der Waals surface area contributed by atoms with E-state index in [2.05, 4.69) is 17.2 Å². The quantitative estimate of drug-likeness (QED) is 0.794. The van der Waals surface area contributed by atoms with Crippen molar-refractivity contribution in [2.24, 2.45) is 0 Å². The Bertz CT molecular complexity index is 637. The van der Waals surface area contributed by atoms with Gasteiger partial charge in [-0.2, -0.15) is 0 Å². The maximum Gasteiger partial charge on any atom is 0.225 e. The molecule has 4 nitrogen and oxygen atoms in total. The summed E-state index contributed by atoms with van der Waals surface area (Å²) in [5.74, 6) is 0.876. The van der Waals surface area contributed by atoms with E-state index in [0.29, 0.717) is 6.42 Å². The van der Waals surface area contributed by atoms with Gasteiger partial charge in [-0.25, -0.2) is 4.98 Å². The first-order valence-electron chi connectivity index (χ1n) is 7.51. The Morgan fingerprint density at radius 2 is 2.23 bits per heavy atom. The monoisotopic (exact) mass is 318 g/mol. The lowest BCUT2D eigenvalue weighted by Crippen LogP contribution is -2.25. The van der Waals surface area contributed by atoms with Crippen LogP contribution in [-0.4, -0.2) is 24.5 Å². The number of ether oxygens (including phenoxy) is 1. The molecule has 118 valence electrons. The van der Waals surface area contributed by atoms with Gasteiger partial charge in [0.1, 0.15) is 10.8 Å². The fraction of sp³-hybridized carbons (Fsp3) is 0.412. The van der Waals surface area contributed by atoms with Gasteiger partial charge in [-0.05, 0) is 25.5 Å². The molecule has 2 aromatic rings. The van der Waals surface area contributed by atoms with E-state index in [9.17, 15) is 4.79 Å². The molecule has 0 fully saturated rings. The highest BCUT2D eigenvalue weighted by Crippen LogP contribution is 2.30. The van der Waals surface area contributed by atoms with E-state index in [-0.39, 0.29) is 5.91 Å². The fourth-order valence-corrected chi connectivity index (χ4v) is 3.14. The van der Waals surface area contributed by atoms with Crippen LogP contribution in [0.15, 0.2) is 24.3 Å². The van der Waals surface area contributed by atoms with Crippen molar-refractivity contribution >= 4 is 17.2 Å². The van der Waals surface area contributed by atoms with Gasteiger partial charge in [0.25, 0.3) is 0 Å². The van der Waals surface area contributed by atoms with Crippen LogP contribution in [0.25, 0.3) is 10.6 Å². The predicted octanol–water partition coefficient (Wildman–Crippen LogP) is 3.59. The zero-order chi connectivity index (χ0) is 15.9. The number of benzene rings is 1. The molecule has 1 aromatic carbocycles. The molecule has 0 aliphatic carbocycles. The first-order chi connectivity index (χ1) is 10.6. The standard InChI is InChI=1S/C17H22N2O2S/c1-4-5-9-18-16(20)11-15-12(2)19-17(22-15)13-7-6-8-14(10-13)21-3/h6-8,10H,4-5,9,11H2,1-3H3,(H,18,20). The van der Waals surface area contributed by atoms with Gasteiger partial charge in [-0.3, -0.25) is 4.79 Å². The van der Waals surface area contributed by atoms with E-state index in [1.54, 1.807) is 18.4 Å². The normalized spacial score (nSPS) is 10.5. The van der Waals surface area contributed by atoms with E-state index >= 15 is 0 Å². The van der Waals surface area contributed by atoms with Gasteiger partial charge in [-0.1, -0.05) is 25.5 Å². The number of thiazole rings is 1. The Kier molecular flexibility index (Phi) is 5.95. The van der Waals surface area contributed by atoms with E-state index < -0.39 is 0 Å². The van der Waals surface area contributed by atoms with E-state index in [0.717, 1.165) is 46.3 Å². The fourth-order valence-electron chi connectivity index (χ4n) is 2.08. The lowest BCUT2D eigenvalue weighted by atomic mass is 10.2.